The molecule has 1 atom stereocenters. The molecule has 1 aromatic carbocycles. The minimum Gasteiger partial charge on any atom is -0.493 e. The van der Waals surface area contributed by atoms with Gasteiger partial charge in [0.25, 0.3) is 0 Å². The van der Waals surface area contributed by atoms with Crippen molar-refractivity contribution in [2.24, 2.45) is 0 Å². The summed E-state index contributed by atoms with van der Waals surface area (Å²) in [6, 6.07) is 12.0. The van der Waals surface area contributed by atoms with Crippen molar-refractivity contribution in [3.05, 3.63) is 51.7 Å². The highest BCUT2D eigenvalue weighted by Crippen LogP contribution is 2.36. The van der Waals surface area contributed by atoms with Crippen molar-refractivity contribution in [3.63, 3.8) is 0 Å². The predicted octanol–water partition coefficient (Wildman–Crippen LogP) is 4.20. The van der Waals surface area contributed by atoms with Crippen LogP contribution in [0.3, 0.4) is 0 Å². The number of benzene rings is 1. The zero-order valence-electron chi connectivity index (χ0n) is 10.9. The Hall–Kier alpha value is -1.61. The first-order valence-electron chi connectivity index (χ1n) is 6.55. The third-order valence-electron chi connectivity index (χ3n) is 3.53. The zero-order chi connectivity index (χ0) is 13.2. The van der Waals surface area contributed by atoms with Crippen LogP contribution < -0.4 is 4.74 Å². The Morgan fingerprint density at radius 3 is 2.95 bits per heavy atom. The summed E-state index contributed by atoms with van der Waals surface area (Å²) in [5.74, 6) is 1.48. The molecular formula is C16H16O2S. The highest BCUT2D eigenvalue weighted by Gasteiger charge is 2.24. The van der Waals surface area contributed by atoms with Crippen molar-refractivity contribution in [2.75, 3.05) is 6.61 Å². The summed E-state index contributed by atoms with van der Waals surface area (Å²) in [5.41, 5.74) is 1.18. The molecule has 0 fully saturated rings. The molecular weight excluding hydrogens is 256 g/mol. The Morgan fingerprint density at radius 2 is 2.16 bits per heavy atom. The third kappa shape index (κ3) is 2.56. The average molecular weight is 272 g/mol. The Bertz CT molecular complexity index is 600. The van der Waals surface area contributed by atoms with E-state index in [0.717, 1.165) is 17.0 Å². The molecule has 2 nitrogen and oxygen atoms in total. The molecule has 0 amide bonds. The molecule has 1 aliphatic rings. The predicted molar refractivity (Wildman–Crippen MR) is 77.3 cm³/mol. The first-order chi connectivity index (χ1) is 9.24. The number of aryl methyl sites for hydroxylation is 1. The molecule has 3 heteroatoms. The van der Waals surface area contributed by atoms with E-state index in [4.69, 9.17) is 4.74 Å². The molecule has 0 saturated heterocycles. The van der Waals surface area contributed by atoms with Crippen LogP contribution in [0.2, 0.25) is 0 Å². The summed E-state index contributed by atoms with van der Waals surface area (Å²) in [4.78, 5) is 14.4. The number of Topliss-reactive ketones (excluding diaryl/α,β-unsaturated/α-hetero) is 1. The van der Waals surface area contributed by atoms with E-state index in [1.54, 1.807) is 11.3 Å². The van der Waals surface area contributed by atoms with Crippen LogP contribution in [0.4, 0.5) is 0 Å². The third-order valence-corrected chi connectivity index (χ3v) is 4.57. The number of para-hydroxylation sites is 1. The second-order valence-electron chi connectivity index (χ2n) is 4.91. The lowest BCUT2D eigenvalue weighted by atomic mass is 9.88. The van der Waals surface area contributed by atoms with Crippen molar-refractivity contribution in [2.45, 2.75) is 25.7 Å². The molecule has 19 heavy (non-hydrogen) atoms. The van der Waals surface area contributed by atoms with E-state index < -0.39 is 0 Å². The number of hydrogen-bond acceptors (Lipinski definition) is 3. The Morgan fingerprint density at radius 1 is 1.32 bits per heavy atom. The number of carbonyl (C=O) groups is 1. The number of ketones is 1. The van der Waals surface area contributed by atoms with Crippen LogP contribution in [0.1, 0.15) is 38.9 Å². The van der Waals surface area contributed by atoms with Crippen LogP contribution in [0.15, 0.2) is 36.4 Å². The second-order valence-corrected chi connectivity index (χ2v) is 6.20. The van der Waals surface area contributed by atoms with Gasteiger partial charge in [-0.1, -0.05) is 18.2 Å². The average Bonchev–Trinajstić information content (AvgIpc) is 2.86. The molecule has 0 saturated carbocycles. The lowest BCUT2D eigenvalue weighted by Crippen LogP contribution is -2.16. The molecule has 1 aromatic heterocycles. The topological polar surface area (TPSA) is 26.3 Å². The first kappa shape index (κ1) is 12.4. The maximum absolute atomic E-state index is 12.3. The van der Waals surface area contributed by atoms with Crippen LogP contribution in [-0.4, -0.2) is 12.4 Å². The van der Waals surface area contributed by atoms with Crippen LogP contribution >= 0.6 is 11.3 Å². The van der Waals surface area contributed by atoms with Crippen molar-refractivity contribution in [1.82, 2.24) is 0 Å². The highest BCUT2D eigenvalue weighted by atomic mass is 32.1. The van der Waals surface area contributed by atoms with Gasteiger partial charge < -0.3 is 4.74 Å². The van der Waals surface area contributed by atoms with E-state index in [0.29, 0.717) is 18.9 Å². The van der Waals surface area contributed by atoms with E-state index in [-0.39, 0.29) is 5.78 Å². The first-order valence-corrected chi connectivity index (χ1v) is 7.37. The van der Waals surface area contributed by atoms with Gasteiger partial charge in [0, 0.05) is 11.3 Å². The quantitative estimate of drug-likeness (QED) is 0.783. The van der Waals surface area contributed by atoms with Crippen molar-refractivity contribution in [1.29, 1.82) is 0 Å². The Labute approximate surface area is 117 Å². The van der Waals surface area contributed by atoms with Gasteiger partial charge in [0.1, 0.15) is 5.75 Å². The van der Waals surface area contributed by atoms with Gasteiger partial charge in [-0.15, -0.1) is 11.3 Å². The maximum atomic E-state index is 12.3. The number of carbonyl (C=O) groups excluding carboxylic acids is 1. The summed E-state index contributed by atoms with van der Waals surface area (Å²) in [5, 5.41) is 0. The summed E-state index contributed by atoms with van der Waals surface area (Å²) < 4.78 is 5.64. The molecule has 3 rings (SSSR count). The molecule has 0 bridgehead atoms. The van der Waals surface area contributed by atoms with Crippen LogP contribution in [0.25, 0.3) is 0 Å². The number of rotatable bonds is 3. The van der Waals surface area contributed by atoms with Gasteiger partial charge in [-0.05, 0) is 43.0 Å². The largest absolute Gasteiger partial charge is 0.493 e. The van der Waals surface area contributed by atoms with Crippen molar-refractivity contribution in [3.8, 4) is 5.75 Å². The molecule has 1 unspecified atom stereocenters. The summed E-state index contributed by atoms with van der Waals surface area (Å²) in [7, 11) is 0. The number of thiophene rings is 1. The van der Waals surface area contributed by atoms with E-state index >= 15 is 0 Å². The lowest BCUT2D eigenvalue weighted by molar-refractivity contribution is 0.0970. The van der Waals surface area contributed by atoms with Gasteiger partial charge in [-0.2, -0.15) is 0 Å². The second kappa shape index (κ2) is 5.17. The highest BCUT2D eigenvalue weighted by molar-refractivity contribution is 7.14. The minimum absolute atomic E-state index is 0.250. The van der Waals surface area contributed by atoms with Crippen LogP contribution in [0.5, 0.6) is 5.75 Å². The van der Waals surface area contributed by atoms with Crippen molar-refractivity contribution < 1.29 is 9.53 Å². The molecule has 0 N–H and O–H groups in total. The standard InChI is InChI=1S/C16H16O2S/c1-11-6-7-16(19-11)14(17)10-12-8-9-18-15-5-3-2-4-13(12)15/h2-7,12H,8-10H2,1H3. The summed E-state index contributed by atoms with van der Waals surface area (Å²) in [6.45, 7) is 2.74. The fourth-order valence-electron chi connectivity index (χ4n) is 2.54. The molecule has 2 aromatic rings. The smallest absolute Gasteiger partial charge is 0.173 e. The number of fused-ring (bicyclic) bond motifs is 1. The fourth-order valence-corrected chi connectivity index (χ4v) is 3.35. The molecule has 0 radical (unpaired) electrons. The normalized spacial score (nSPS) is 17.6. The van der Waals surface area contributed by atoms with Gasteiger partial charge in [-0.3, -0.25) is 4.79 Å². The number of hydrogen-bond donors (Lipinski definition) is 0. The van der Waals surface area contributed by atoms with E-state index in [2.05, 4.69) is 6.07 Å². The molecule has 1 aliphatic heterocycles. The van der Waals surface area contributed by atoms with Gasteiger partial charge >= 0.3 is 0 Å². The molecule has 0 aliphatic carbocycles. The maximum Gasteiger partial charge on any atom is 0.173 e. The SMILES string of the molecule is Cc1ccc(C(=O)CC2CCOc3ccccc32)s1. The van der Waals surface area contributed by atoms with Gasteiger partial charge in [0.15, 0.2) is 5.78 Å². The molecule has 0 spiro atoms. The Kier molecular flexibility index (Phi) is 3.38. The zero-order valence-corrected chi connectivity index (χ0v) is 11.7. The monoisotopic (exact) mass is 272 g/mol. The fraction of sp³-hybridized carbons (Fsp3) is 0.312. The summed E-state index contributed by atoms with van der Waals surface area (Å²) >= 11 is 1.58. The minimum atomic E-state index is 0.250. The van der Waals surface area contributed by atoms with Crippen molar-refractivity contribution >= 4 is 17.1 Å². The molecule has 98 valence electrons. The Balaban J connectivity index is 1.79. The van der Waals surface area contributed by atoms with Gasteiger partial charge in [-0.25, -0.2) is 0 Å². The van der Waals surface area contributed by atoms with Crippen LogP contribution in [-0.2, 0) is 0 Å². The lowest BCUT2D eigenvalue weighted by Gasteiger charge is -2.25. The van der Waals surface area contributed by atoms with E-state index in [9.17, 15) is 4.79 Å². The van der Waals surface area contributed by atoms with Gasteiger partial charge in [0.05, 0.1) is 11.5 Å². The van der Waals surface area contributed by atoms with Gasteiger partial charge in [0.2, 0.25) is 0 Å². The van der Waals surface area contributed by atoms with E-state index in [1.165, 1.54) is 10.4 Å². The van der Waals surface area contributed by atoms with Crippen LogP contribution in [0, 0.1) is 6.92 Å². The number of ether oxygens (including phenoxy) is 1. The summed E-state index contributed by atoms with van der Waals surface area (Å²) in [6.07, 6.45) is 1.51. The van der Waals surface area contributed by atoms with E-state index in [1.807, 2.05) is 37.3 Å². The molecule has 2 heterocycles.